The van der Waals surface area contributed by atoms with Crippen molar-refractivity contribution in [2.75, 3.05) is 0 Å². The van der Waals surface area contributed by atoms with Gasteiger partial charge in [0.15, 0.2) is 0 Å². The highest BCUT2D eigenvalue weighted by molar-refractivity contribution is 6.29. The number of rotatable bonds is 2. The van der Waals surface area contributed by atoms with Crippen LogP contribution in [0.3, 0.4) is 0 Å². The third-order valence-corrected chi connectivity index (χ3v) is 2.46. The summed E-state index contributed by atoms with van der Waals surface area (Å²) in [5.74, 6) is -0.190. The van der Waals surface area contributed by atoms with Crippen LogP contribution in [0.1, 0.15) is 29.8 Å². The molecule has 1 aliphatic carbocycles. The zero-order valence-electron chi connectivity index (χ0n) is 7.53. The lowest BCUT2D eigenvalue weighted by molar-refractivity contribution is 0.0911. The van der Waals surface area contributed by atoms with Gasteiger partial charge in [0, 0.05) is 6.04 Å². The van der Waals surface area contributed by atoms with Crippen LogP contribution in [0.4, 0.5) is 0 Å². The molecule has 0 aromatic carbocycles. The Hall–Kier alpha value is -1.16. The van der Waals surface area contributed by atoms with Crippen molar-refractivity contribution in [2.45, 2.75) is 25.3 Å². The van der Waals surface area contributed by atoms with Gasteiger partial charge < -0.3 is 5.32 Å². The zero-order chi connectivity index (χ0) is 9.97. The molecule has 0 aliphatic heterocycles. The van der Waals surface area contributed by atoms with E-state index in [1.54, 1.807) is 0 Å². The molecule has 1 heterocycles. The van der Waals surface area contributed by atoms with Crippen LogP contribution >= 0.6 is 11.6 Å². The summed E-state index contributed by atoms with van der Waals surface area (Å²) in [5, 5.41) is 3.10. The molecule has 1 N–H and O–H groups in total. The molecule has 5 heteroatoms. The third kappa shape index (κ3) is 2.01. The lowest BCUT2D eigenvalue weighted by atomic mass is 9.93. The quantitative estimate of drug-likeness (QED) is 0.805. The lowest BCUT2D eigenvalue weighted by Gasteiger charge is -2.25. The smallest absolute Gasteiger partial charge is 0.271 e. The Kier molecular flexibility index (Phi) is 2.63. The van der Waals surface area contributed by atoms with Gasteiger partial charge in [0.2, 0.25) is 0 Å². The first-order chi connectivity index (χ1) is 6.75. The third-order valence-electron chi connectivity index (χ3n) is 2.28. The molecule has 0 spiro atoms. The van der Waals surface area contributed by atoms with Crippen LogP contribution in [0.15, 0.2) is 12.4 Å². The molecule has 74 valence electrons. The molecule has 0 bridgehead atoms. The van der Waals surface area contributed by atoms with E-state index in [2.05, 4.69) is 15.3 Å². The predicted molar refractivity (Wildman–Crippen MR) is 52.1 cm³/mol. The summed E-state index contributed by atoms with van der Waals surface area (Å²) in [6.45, 7) is 0. The van der Waals surface area contributed by atoms with Crippen molar-refractivity contribution in [3.63, 3.8) is 0 Å². The fourth-order valence-electron chi connectivity index (χ4n) is 1.26. The normalized spacial score (nSPS) is 16.1. The van der Waals surface area contributed by atoms with Gasteiger partial charge >= 0.3 is 0 Å². The fourth-order valence-corrected chi connectivity index (χ4v) is 1.41. The minimum atomic E-state index is -0.190. The second kappa shape index (κ2) is 3.92. The highest BCUT2D eigenvalue weighted by Gasteiger charge is 2.20. The summed E-state index contributed by atoms with van der Waals surface area (Å²) in [4.78, 5) is 19.2. The molecule has 1 aromatic heterocycles. The first-order valence-corrected chi connectivity index (χ1v) is 4.92. The van der Waals surface area contributed by atoms with Gasteiger partial charge in [-0.25, -0.2) is 4.98 Å². The van der Waals surface area contributed by atoms with Gasteiger partial charge in [-0.05, 0) is 19.3 Å². The number of amides is 1. The van der Waals surface area contributed by atoms with Gasteiger partial charge in [-0.15, -0.1) is 0 Å². The van der Waals surface area contributed by atoms with Crippen LogP contribution in [0.5, 0.6) is 0 Å². The minimum Gasteiger partial charge on any atom is -0.348 e. The highest BCUT2D eigenvalue weighted by Crippen LogP contribution is 2.18. The number of hydrogen-bond donors (Lipinski definition) is 1. The Morgan fingerprint density at radius 3 is 2.86 bits per heavy atom. The lowest BCUT2D eigenvalue weighted by Crippen LogP contribution is -2.39. The Balaban J connectivity index is 2.02. The van der Waals surface area contributed by atoms with E-state index in [9.17, 15) is 4.79 Å². The van der Waals surface area contributed by atoms with Crippen molar-refractivity contribution < 1.29 is 4.79 Å². The summed E-state index contributed by atoms with van der Waals surface area (Å²) in [7, 11) is 0. The Morgan fingerprint density at radius 2 is 2.29 bits per heavy atom. The van der Waals surface area contributed by atoms with E-state index < -0.39 is 0 Å². The molecule has 0 saturated heterocycles. The summed E-state index contributed by atoms with van der Waals surface area (Å²) in [6.07, 6.45) is 6.12. The number of carbonyl (C=O) groups is 1. The second-order valence-corrected chi connectivity index (χ2v) is 3.72. The maximum atomic E-state index is 11.5. The molecular formula is C9H10ClN3O. The minimum absolute atomic E-state index is 0.190. The first kappa shape index (κ1) is 9.40. The van der Waals surface area contributed by atoms with Crippen molar-refractivity contribution >= 4 is 17.5 Å². The van der Waals surface area contributed by atoms with Gasteiger partial charge in [-0.3, -0.25) is 9.78 Å². The molecule has 1 aliphatic rings. The number of halogens is 1. The van der Waals surface area contributed by atoms with E-state index in [1.807, 2.05) is 0 Å². The molecule has 0 atom stereocenters. The van der Waals surface area contributed by atoms with E-state index in [1.165, 1.54) is 18.8 Å². The van der Waals surface area contributed by atoms with E-state index in [0.29, 0.717) is 6.04 Å². The van der Waals surface area contributed by atoms with Crippen LogP contribution in [-0.4, -0.2) is 21.9 Å². The van der Waals surface area contributed by atoms with Gasteiger partial charge in [-0.1, -0.05) is 11.6 Å². The van der Waals surface area contributed by atoms with E-state index >= 15 is 0 Å². The van der Waals surface area contributed by atoms with Crippen LogP contribution in [0.2, 0.25) is 5.15 Å². The number of nitrogens with zero attached hydrogens (tertiary/aromatic N) is 2. The van der Waals surface area contributed by atoms with Gasteiger partial charge in [-0.2, -0.15) is 0 Å². The molecule has 1 saturated carbocycles. The van der Waals surface area contributed by atoms with Crippen molar-refractivity contribution in [1.82, 2.24) is 15.3 Å². The second-order valence-electron chi connectivity index (χ2n) is 3.33. The molecule has 0 unspecified atom stereocenters. The van der Waals surface area contributed by atoms with Crippen LogP contribution in [-0.2, 0) is 0 Å². The van der Waals surface area contributed by atoms with Crippen LogP contribution in [0, 0.1) is 0 Å². The molecule has 0 radical (unpaired) electrons. The molecule has 14 heavy (non-hydrogen) atoms. The summed E-state index contributed by atoms with van der Waals surface area (Å²) >= 11 is 5.62. The van der Waals surface area contributed by atoms with Crippen molar-refractivity contribution in [1.29, 1.82) is 0 Å². The molecule has 1 amide bonds. The van der Waals surface area contributed by atoms with E-state index in [-0.39, 0.29) is 16.8 Å². The molecule has 4 nitrogen and oxygen atoms in total. The largest absolute Gasteiger partial charge is 0.348 e. The maximum Gasteiger partial charge on any atom is 0.271 e. The highest BCUT2D eigenvalue weighted by atomic mass is 35.5. The Labute approximate surface area is 86.7 Å². The Bertz CT molecular complexity index is 352. The molecule has 2 rings (SSSR count). The summed E-state index contributed by atoms with van der Waals surface area (Å²) in [5.41, 5.74) is 0.282. The van der Waals surface area contributed by atoms with Crippen molar-refractivity contribution in [3.8, 4) is 0 Å². The van der Waals surface area contributed by atoms with E-state index in [4.69, 9.17) is 11.6 Å². The molecule has 1 fully saturated rings. The monoisotopic (exact) mass is 211 g/mol. The number of aromatic nitrogens is 2. The summed E-state index contributed by atoms with van der Waals surface area (Å²) in [6, 6.07) is 0.309. The average molecular weight is 212 g/mol. The topological polar surface area (TPSA) is 54.9 Å². The summed E-state index contributed by atoms with van der Waals surface area (Å²) < 4.78 is 0. The Morgan fingerprint density at radius 1 is 1.50 bits per heavy atom. The standard InChI is InChI=1S/C9H10ClN3O/c10-8-5-11-4-7(13-8)9(14)12-6-2-1-3-6/h4-6H,1-3H2,(H,12,14). The van der Waals surface area contributed by atoms with E-state index in [0.717, 1.165) is 12.8 Å². The number of nitrogens with one attached hydrogen (secondary N) is 1. The van der Waals surface area contributed by atoms with Gasteiger partial charge in [0.25, 0.3) is 5.91 Å². The molecule has 1 aromatic rings. The fraction of sp³-hybridized carbons (Fsp3) is 0.444. The predicted octanol–water partition coefficient (Wildman–Crippen LogP) is 1.41. The van der Waals surface area contributed by atoms with Crippen molar-refractivity contribution in [2.24, 2.45) is 0 Å². The number of carbonyl (C=O) groups excluding carboxylic acids is 1. The van der Waals surface area contributed by atoms with Gasteiger partial charge in [0.1, 0.15) is 10.8 Å². The number of hydrogen-bond acceptors (Lipinski definition) is 3. The van der Waals surface area contributed by atoms with Crippen LogP contribution in [0.25, 0.3) is 0 Å². The van der Waals surface area contributed by atoms with Crippen LogP contribution < -0.4 is 5.32 Å². The first-order valence-electron chi connectivity index (χ1n) is 4.54. The molecular weight excluding hydrogens is 202 g/mol. The average Bonchev–Trinajstić information content (AvgIpc) is 2.11. The van der Waals surface area contributed by atoms with Gasteiger partial charge in [0.05, 0.1) is 12.4 Å². The zero-order valence-corrected chi connectivity index (χ0v) is 8.29. The SMILES string of the molecule is O=C(NC1CCC1)c1cncc(Cl)n1. The van der Waals surface area contributed by atoms with Crippen molar-refractivity contribution in [3.05, 3.63) is 23.2 Å². The maximum absolute atomic E-state index is 11.5.